The number of aliphatic carboxylic acids is 1. The van der Waals surface area contributed by atoms with Crippen molar-refractivity contribution in [1.82, 2.24) is 9.47 Å². The van der Waals surface area contributed by atoms with E-state index in [1.807, 2.05) is 16.4 Å². The molecule has 0 saturated carbocycles. The number of ether oxygens (including phenoxy) is 1. The lowest BCUT2D eigenvalue weighted by Crippen LogP contribution is -2.48. The molecule has 0 spiro atoms. The van der Waals surface area contributed by atoms with E-state index in [-0.39, 0.29) is 18.2 Å². The van der Waals surface area contributed by atoms with Gasteiger partial charge in [0.05, 0.1) is 29.2 Å². The summed E-state index contributed by atoms with van der Waals surface area (Å²) in [5.74, 6) is -1.50. The highest BCUT2D eigenvalue weighted by atomic mass is 16.5. The highest BCUT2D eigenvalue weighted by Crippen LogP contribution is 2.40. The number of pyridine rings is 1. The zero-order valence-corrected chi connectivity index (χ0v) is 15.4. The van der Waals surface area contributed by atoms with E-state index < -0.39 is 17.4 Å². The minimum absolute atomic E-state index is 0.0178. The van der Waals surface area contributed by atoms with Crippen LogP contribution in [0.3, 0.4) is 0 Å². The van der Waals surface area contributed by atoms with Gasteiger partial charge in [-0.2, -0.15) is 0 Å². The number of nitrogens with zero attached hydrogens (tertiary/aromatic N) is 3. The molecule has 1 saturated heterocycles. The molecule has 2 aliphatic rings. The van der Waals surface area contributed by atoms with Crippen LogP contribution in [0.1, 0.15) is 23.3 Å². The zero-order chi connectivity index (χ0) is 20.0. The topological polar surface area (TPSA) is 112 Å². The molecule has 1 unspecified atom stereocenters. The second-order valence-electron chi connectivity index (χ2n) is 7.21. The Kier molecular flexibility index (Phi) is 4.46. The van der Waals surface area contributed by atoms with Gasteiger partial charge in [0, 0.05) is 32.4 Å². The van der Waals surface area contributed by atoms with Gasteiger partial charge in [0.25, 0.3) is 0 Å². The quantitative estimate of drug-likeness (QED) is 0.794. The first-order chi connectivity index (χ1) is 13.4. The molecule has 2 aromatic rings. The Hall–Kier alpha value is -3.07. The van der Waals surface area contributed by atoms with Crippen molar-refractivity contribution in [3.8, 4) is 5.75 Å². The van der Waals surface area contributed by atoms with Crippen LogP contribution in [0.5, 0.6) is 5.75 Å². The molecular weight excluding hydrogens is 366 g/mol. The van der Waals surface area contributed by atoms with Crippen molar-refractivity contribution >= 4 is 28.5 Å². The van der Waals surface area contributed by atoms with Gasteiger partial charge in [0.1, 0.15) is 12.2 Å². The summed E-state index contributed by atoms with van der Waals surface area (Å²) >= 11 is 0. The average molecular weight is 387 g/mol. The third-order valence-electron chi connectivity index (χ3n) is 5.37. The third-order valence-corrected chi connectivity index (χ3v) is 5.37. The summed E-state index contributed by atoms with van der Waals surface area (Å²) in [4.78, 5) is 39.0. The van der Waals surface area contributed by atoms with E-state index in [4.69, 9.17) is 9.84 Å². The van der Waals surface area contributed by atoms with E-state index in [9.17, 15) is 19.5 Å². The number of rotatable bonds is 4. The van der Waals surface area contributed by atoms with E-state index in [0.717, 1.165) is 5.69 Å². The van der Waals surface area contributed by atoms with Gasteiger partial charge in [-0.25, -0.2) is 4.79 Å². The number of aromatic nitrogens is 1. The number of benzene rings is 1. The molecule has 3 heterocycles. The lowest BCUT2D eigenvalue weighted by Gasteiger charge is -2.37. The van der Waals surface area contributed by atoms with Crippen molar-refractivity contribution in [2.45, 2.75) is 13.0 Å². The van der Waals surface area contributed by atoms with Crippen LogP contribution in [-0.2, 0) is 4.79 Å². The number of carbonyl (C=O) groups is 2. The van der Waals surface area contributed by atoms with Crippen molar-refractivity contribution < 1.29 is 24.5 Å². The summed E-state index contributed by atoms with van der Waals surface area (Å²) in [6, 6.07) is 3.35. The number of carboxylic acid groups (broad SMARTS) is 2. The molecule has 148 valence electrons. The van der Waals surface area contributed by atoms with E-state index in [0.29, 0.717) is 49.4 Å². The summed E-state index contributed by atoms with van der Waals surface area (Å²) in [6.45, 7) is 4.82. The SMILES string of the molecule is CC1COc2c(N3CCN(CC(=O)O)CC3)ccc3c(=O)c(C(=O)O)cn1c23. The average Bonchev–Trinajstić information content (AvgIpc) is 2.66. The monoisotopic (exact) mass is 387 g/mol. The molecule has 0 aliphatic carbocycles. The number of aromatic carboxylic acids is 1. The van der Waals surface area contributed by atoms with E-state index in [1.54, 1.807) is 12.1 Å². The Morgan fingerprint density at radius 3 is 2.54 bits per heavy atom. The lowest BCUT2D eigenvalue weighted by molar-refractivity contribution is -0.138. The molecule has 1 aromatic heterocycles. The van der Waals surface area contributed by atoms with Crippen molar-refractivity contribution in [3.05, 3.63) is 34.1 Å². The predicted octanol–water partition coefficient (Wildman–Crippen LogP) is 0.860. The Morgan fingerprint density at radius 1 is 1.18 bits per heavy atom. The largest absolute Gasteiger partial charge is 0.487 e. The summed E-state index contributed by atoms with van der Waals surface area (Å²) in [7, 11) is 0. The first kappa shape index (κ1) is 18.3. The van der Waals surface area contributed by atoms with Gasteiger partial charge in [-0.1, -0.05) is 0 Å². The van der Waals surface area contributed by atoms with Crippen LogP contribution in [0.4, 0.5) is 5.69 Å². The Morgan fingerprint density at radius 2 is 1.89 bits per heavy atom. The summed E-state index contributed by atoms with van der Waals surface area (Å²) < 4.78 is 7.79. The minimum atomic E-state index is -1.24. The second-order valence-corrected chi connectivity index (χ2v) is 7.21. The normalized spacial score (nSPS) is 19.5. The third kappa shape index (κ3) is 2.97. The fourth-order valence-electron chi connectivity index (χ4n) is 3.92. The maximum atomic E-state index is 12.6. The molecule has 1 fully saturated rings. The van der Waals surface area contributed by atoms with Crippen molar-refractivity contribution in [2.24, 2.45) is 0 Å². The number of anilines is 1. The molecule has 9 nitrogen and oxygen atoms in total. The molecule has 4 rings (SSSR count). The summed E-state index contributed by atoms with van der Waals surface area (Å²) in [6.07, 6.45) is 1.40. The van der Waals surface area contributed by atoms with Crippen LogP contribution in [0.15, 0.2) is 23.1 Å². The second kappa shape index (κ2) is 6.83. The summed E-state index contributed by atoms with van der Waals surface area (Å²) in [5.41, 5.74) is 0.683. The fraction of sp³-hybridized carbons (Fsp3) is 0.421. The zero-order valence-electron chi connectivity index (χ0n) is 15.4. The molecule has 28 heavy (non-hydrogen) atoms. The Bertz CT molecular complexity index is 1020. The lowest BCUT2D eigenvalue weighted by atomic mass is 10.1. The molecule has 9 heteroatoms. The van der Waals surface area contributed by atoms with Crippen LogP contribution in [0.2, 0.25) is 0 Å². The molecule has 2 aliphatic heterocycles. The molecule has 0 bridgehead atoms. The van der Waals surface area contributed by atoms with Crippen LogP contribution in [-0.4, -0.2) is 70.9 Å². The van der Waals surface area contributed by atoms with Crippen LogP contribution in [0, 0.1) is 0 Å². The smallest absolute Gasteiger partial charge is 0.341 e. The van der Waals surface area contributed by atoms with E-state index in [1.165, 1.54) is 6.20 Å². The van der Waals surface area contributed by atoms with Gasteiger partial charge >= 0.3 is 11.9 Å². The maximum absolute atomic E-state index is 12.6. The standard InChI is InChI=1S/C19H21N3O6/c1-11-10-28-18-14(21-6-4-20(5-7-21)9-15(23)24)3-2-12-16(18)22(11)8-13(17(12)25)19(26)27/h2-3,8,11H,4-7,9-10H2,1H3,(H,23,24)(H,26,27). The maximum Gasteiger partial charge on any atom is 0.341 e. The van der Waals surface area contributed by atoms with E-state index >= 15 is 0 Å². The highest BCUT2D eigenvalue weighted by Gasteiger charge is 2.28. The first-order valence-electron chi connectivity index (χ1n) is 9.14. The fourth-order valence-corrected chi connectivity index (χ4v) is 3.92. The minimum Gasteiger partial charge on any atom is -0.487 e. The van der Waals surface area contributed by atoms with Gasteiger partial charge in [0.15, 0.2) is 5.75 Å². The Labute approximate surface area is 160 Å². The molecule has 0 radical (unpaired) electrons. The van der Waals surface area contributed by atoms with Gasteiger partial charge in [0.2, 0.25) is 5.43 Å². The Balaban J connectivity index is 1.77. The molecule has 0 amide bonds. The highest BCUT2D eigenvalue weighted by molar-refractivity contribution is 5.97. The summed E-state index contributed by atoms with van der Waals surface area (Å²) in [5, 5.41) is 18.6. The first-order valence-corrected chi connectivity index (χ1v) is 9.14. The van der Waals surface area contributed by atoms with Crippen molar-refractivity contribution in [3.63, 3.8) is 0 Å². The van der Waals surface area contributed by atoms with Gasteiger partial charge in [-0.15, -0.1) is 0 Å². The molecule has 2 N–H and O–H groups in total. The van der Waals surface area contributed by atoms with Gasteiger partial charge in [-0.3, -0.25) is 14.5 Å². The van der Waals surface area contributed by atoms with Gasteiger partial charge < -0.3 is 24.4 Å². The molecular formula is C19H21N3O6. The van der Waals surface area contributed by atoms with Crippen LogP contribution >= 0.6 is 0 Å². The molecule has 1 aromatic carbocycles. The predicted molar refractivity (Wildman–Crippen MR) is 102 cm³/mol. The molecule has 1 atom stereocenters. The van der Waals surface area contributed by atoms with Crippen LogP contribution in [0.25, 0.3) is 10.9 Å². The van der Waals surface area contributed by atoms with Crippen molar-refractivity contribution in [2.75, 3.05) is 44.2 Å². The number of carboxylic acids is 2. The number of piperazine rings is 1. The number of hydrogen-bond acceptors (Lipinski definition) is 6. The number of hydrogen-bond donors (Lipinski definition) is 2. The van der Waals surface area contributed by atoms with Crippen LogP contribution < -0.4 is 15.1 Å². The van der Waals surface area contributed by atoms with E-state index in [2.05, 4.69) is 4.90 Å². The van der Waals surface area contributed by atoms with Crippen molar-refractivity contribution in [1.29, 1.82) is 0 Å². The van der Waals surface area contributed by atoms with Gasteiger partial charge in [-0.05, 0) is 19.1 Å².